The molecule has 0 fully saturated rings. The van der Waals surface area contributed by atoms with E-state index < -0.39 is 5.97 Å². The average molecular weight is 414 g/mol. The Kier molecular flexibility index (Phi) is 24.8. The monoisotopic (exact) mass is 413 g/mol. The van der Waals surface area contributed by atoms with Crippen molar-refractivity contribution >= 4 is 5.97 Å². The molecule has 29 heavy (non-hydrogen) atoms. The third kappa shape index (κ3) is 27.4. The zero-order valence-electron chi connectivity index (χ0n) is 19.4. The fourth-order valence-electron chi connectivity index (χ4n) is 3.49. The van der Waals surface area contributed by atoms with Crippen molar-refractivity contribution < 1.29 is 9.90 Å². The molecule has 0 saturated carbocycles. The number of nitrogens with one attached hydrogen (secondary N) is 3. The van der Waals surface area contributed by atoms with E-state index in [1.807, 2.05) is 0 Å². The Hall–Kier alpha value is -0.650. The highest BCUT2D eigenvalue weighted by molar-refractivity contribution is 5.66. The van der Waals surface area contributed by atoms with E-state index in [0.29, 0.717) is 6.42 Å². The molecule has 0 aromatic rings. The Morgan fingerprint density at radius 3 is 1.17 bits per heavy atom. The van der Waals surface area contributed by atoms with Gasteiger partial charge < -0.3 is 21.1 Å². The normalized spacial score (nSPS) is 11.2. The van der Waals surface area contributed by atoms with Crippen LogP contribution in [0.3, 0.4) is 0 Å². The summed E-state index contributed by atoms with van der Waals surface area (Å²) in [6.07, 6.45) is 19.4. The van der Waals surface area contributed by atoms with E-state index in [2.05, 4.69) is 22.9 Å². The summed E-state index contributed by atoms with van der Waals surface area (Å²) in [5.74, 6) is -0.683. The number of carbonyl (C=O) groups is 1. The summed E-state index contributed by atoms with van der Waals surface area (Å²) in [6.45, 7) is 8.99. The molecule has 0 spiro atoms. The van der Waals surface area contributed by atoms with Gasteiger partial charge in [-0.2, -0.15) is 0 Å². The molecule has 0 radical (unpaired) electrons. The molecule has 0 aromatic heterocycles. The Morgan fingerprint density at radius 2 is 0.828 bits per heavy atom. The summed E-state index contributed by atoms with van der Waals surface area (Å²) in [5.41, 5.74) is 0. The molecule has 0 rings (SSSR count). The van der Waals surface area contributed by atoms with Gasteiger partial charge >= 0.3 is 5.97 Å². The predicted molar refractivity (Wildman–Crippen MR) is 126 cm³/mol. The van der Waals surface area contributed by atoms with Crippen molar-refractivity contribution in [3.05, 3.63) is 0 Å². The quantitative estimate of drug-likeness (QED) is 0.157. The SMILES string of the molecule is CCCNCCCCCCCCNCCCCCCCCNCCCCC(=O)O. The van der Waals surface area contributed by atoms with Gasteiger partial charge in [0.1, 0.15) is 0 Å². The number of carboxylic acid groups (broad SMARTS) is 1. The summed E-state index contributed by atoms with van der Waals surface area (Å²) >= 11 is 0. The van der Waals surface area contributed by atoms with Crippen LogP contribution in [-0.4, -0.2) is 50.3 Å². The zero-order valence-corrected chi connectivity index (χ0v) is 19.4. The van der Waals surface area contributed by atoms with E-state index in [4.69, 9.17) is 5.11 Å². The minimum Gasteiger partial charge on any atom is -0.481 e. The lowest BCUT2D eigenvalue weighted by Crippen LogP contribution is -2.17. The maximum atomic E-state index is 10.4. The predicted octanol–water partition coefficient (Wildman–Crippen LogP) is 5.10. The van der Waals surface area contributed by atoms with Gasteiger partial charge in [0.2, 0.25) is 0 Å². The van der Waals surface area contributed by atoms with Gasteiger partial charge in [-0.1, -0.05) is 58.3 Å². The van der Waals surface area contributed by atoms with E-state index in [1.165, 1.54) is 110 Å². The maximum absolute atomic E-state index is 10.4. The molecule has 5 nitrogen and oxygen atoms in total. The van der Waals surface area contributed by atoms with E-state index in [1.54, 1.807) is 0 Å². The van der Waals surface area contributed by atoms with Gasteiger partial charge in [-0.05, 0) is 84.2 Å². The molecular formula is C24H51N3O2. The van der Waals surface area contributed by atoms with Crippen molar-refractivity contribution in [1.82, 2.24) is 16.0 Å². The van der Waals surface area contributed by atoms with E-state index in [0.717, 1.165) is 25.9 Å². The molecule has 0 aliphatic rings. The maximum Gasteiger partial charge on any atom is 0.303 e. The van der Waals surface area contributed by atoms with E-state index >= 15 is 0 Å². The molecule has 0 heterocycles. The van der Waals surface area contributed by atoms with Gasteiger partial charge in [-0.3, -0.25) is 4.79 Å². The number of rotatable bonds is 25. The van der Waals surface area contributed by atoms with Crippen LogP contribution in [0.1, 0.15) is 110 Å². The number of hydrogen-bond acceptors (Lipinski definition) is 4. The first-order chi connectivity index (χ1) is 14.3. The topological polar surface area (TPSA) is 73.4 Å². The highest BCUT2D eigenvalue weighted by atomic mass is 16.4. The Labute approximate surface area is 181 Å². The lowest BCUT2D eigenvalue weighted by Gasteiger charge is -2.06. The fraction of sp³-hybridized carbons (Fsp3) is 0.958. The highest BCUT2D eigenvalue weighted by Gasteiger charge is 1.96. The van der Waals surface area contributed by atoms with Crippen LogP contribution in [0.2, 0.25) is 0 Å². The summed E-state index contributed by atoms with van der Waals surface area (Å²) in [7, 11) is 0. The smallest absolute Gasteiger partial charge is 0.303 e. The zero-order chi connectivity index (χ0) is 21.3. The summed E-state index contributed by atoms with van der Waals surface area (Å²) < 4.78 is 0. The van der Waals surface area contributed by atoms with Gasteiger partial charge in [0.15, 0.2) is 0 Å². The molecule has 4 N–H and O–H groups in total. The standard InChI is InChI=1S/C24H51N3O2/c1-2-18-25-19-12-7-3-4-8-13-20-26-21-14-9-5-6-10-15-22-27-23-16-11-17-24(28)29/h25-27H,2-23H2,1H3,(H,28,29). The van der Waals surface area contributed by atoms with Crippen LogP contribution in [0, 0.1) is 0 Å². The van der Waals surface area contributed by atoms with Crippen LogP contribution in [0.5, 0.6) is 0 Å². The van der Waals surface area contributed by atoms with Crippen LogP contribution < -0.4 is 16.0 Å². The van der Waals surface area contributed by atoms with Crippen molar-refractivity contribution in [2.24, 2.45) is 0 Å². The van der Waals surface area contributed by atoms with Crippen molar-refractivity contribution in [3.63, 3.8) is 0 Å². The Balaban J connectivity index is 2.99. The molecular weight excluding hydrogens is 362 g/mol. The third-order valence-electron chi connectivity index (χ3n) is 5.34. The minimum absolute atomic E-state index is 0.299. The molecule has 174 valence electrons. The second kappa shape index (κ2) is 25.4. The Bertz CT molecular complexity index is 327. The fourth-order valence-corrected chi connectivity index (χ4v) is 3.49. The highest BCUT2D eigenvalue weighted by Crippen LogP contribution is 2.06. The molecule has 0 amide bonds. The minimum atomic E-state index is -0.683. The lowest BCUT2D eigenvalue weighted by atomic mass is 10.1. The molecule has 0 aliphatic carbocycles. The molecule has 0 unspecified atom stereocenters. The van der Waals surface area contributed by atoms with Gasteiger partial charge in [-0.25, -0.2) is 0 Å². The van der Waals surface area contributed by atoms with Crippen LogP contribution in [0.4, 0.5) is 0 Å². The van der Waals surface area contributed by atoms with Gasteiger partial charge in [0, 0.05) is 6.42 Å². The van der Waals surface area contributed by atoms with Crippen molar-refractivity contribution in [2.75, 3.05) is 39.3 Å². The van der Waals surface area contributed by atoms with Crippen molar-refractivity contribution in [1.29, 1.82) is 0 Å². The molecule has 5 heteroatoms. The summed E-state index contributed by atoms with van der Waals surface area (Å²) in [5, 5.41) is 19.0. The second-order valence-corrected chi connectivity index (χ2v) is 8.34. The van der Waals surface area contributed by atoms with Crippen LogP contribution >= 0.6 is 0 Å². The first-order valence-corrected chi connectivity index (χ1v) is 12.6. The lowest BCUT2D eigenvalue weighted by molar-refractivity contribution is -0.137. The molecule has 0 saturated heterocycles. The van der Waals surface area contributed by atoms with Crippen molar-refractivity contribution in [2.45, 2.75) is 110 Å². The first-order valence-electron chi connectivity index (χ1n) is 12.6. The third-order valence-corrected chi connectivity index (χ3v) is 5.34. The Morgan fingerprint density at radius 1 is 0.517 bits per heavy atom. The summed E-state index contributed by atoms with van der Waals surface area (Å²) in [6, 6.07) is 0. The average Bonchev–Trinajstić information content (AvgIpc) is 2.71. The number of carboxylic acids is 1. The van der Waals surface area contributed by atoms with Crippen LogP contribution in [0.25, 0.3) is 0 Å². The van der Waals surface area contributed by atoms with Crippen molar-refractivity contribution in [3.8, 4) is 0 Å². The second-order valence-electron chi connectivity index (χ2n) is 8.34. The van der Waals surface area contributed by atoms with Gasteiger partial charge in [-0.15, -0.1) is 0 Å². The van der Waals surface area contributed by atoms with Crippen LogP contribution in [0.15, 0.2) is 0 Å². The van der Waals surface area contributed by atoms with E-state index in [-0.39, 0.29) is 0 Å². The van der Waals surface area contributed by atoms with E-state index in [9.17, 15) is 4.79 Å². The van der Waals surface area contributed by atoms with Crippen LogP contribution in [-0.2, 0) is 4.79 Å². The molecule has 0 atom stereocenters. The first kappa shape index (κ1) is 28.4. The molecule has 0 aliphatic heterocycles. The number of unbranched alkanes of at least 4 members (excludes halogenated alkanes) is 11. The summed E-state index contributed by atoms with van der Waals surface area (Å²) in [4.78, 5) is 10.4. The van der Waals surface area contributed by atoms with Gasteiger partial charge in [0.25, 0.3) is 0 Å². The number of hydrogen-bond donors (Lipinski definition) is 4. The molecule has 0 aromatic carbocycles. The number of aliphatic carboxylic acids is 1. The van der Waals surface area contributed by atoms with Gasteiger partial charge in [0.05, 0.1) is 0 Å². The molecule has 0 bridgehead atoms. The largest absolute Gasteiger partial charge is 0.481 e.